The van der Waals surface area contributed by atoms with E-state index in [4.69, 9.17) is 0 Å². The Balaban J connectivity index is 2.13. The highest BCUT2D eigenvalue weighted by Gasteiger charge is 2.06. The van der Waals surface area contributed by atoms with Crippen LogP contribution in [0.3, 0.4) is 0 Å². The Morgan fingerprint density at radius 3 is 1.89 bits per heavy atom. The van der Waals surface area contributed by atoms with Gasteiger partial charge in [-0.1, -0.05) is 0 Å². The number of rotatable bonds is 3. The second-order valence-corrected chi connectivity index (χ2v) is 4.50. The van der Waals surface area contributed by atoms with Crippen molar-refractivity contribution in [2.24, 2.45) is 0 Å². The predicted molar refractivity (Wildman–Crippen MR) is 70.3 cm³/mol. The fourth-order valence-corrected chi connectivity index (χ4v) is 2.09. The van der Waals surface area contributed by atoms with E-state index in [1.54, 1.807) is 33.5 Å². The third-order valence-electron chi connectivity index (χ3n) is 2.49. The molecule has 18 heavy (non-hydrogen) atoms. The number of hydrogen-bond donors (Lipinski definition) is 0. The van der Waals surface area contributed by atoms with E-state index >= 15 is 0 Å². The van der Waals surface area contributed by atoms with E-state index in [9.17, 15) is 0 Å². The molecule has 3 heterocycles. The fraction of sp³-hybridized carbons (Fsp3) is 0.0833. The monoisotopic (exact) mass is 257 g/mol. The zero-order chi connectivity index (χ0) is 12.4. The van der Waals surface area contributed by atoms with Crippen molar-refractivity contribution < 1.29 is 0 Å². The van der Waals surface area contributed by atoms with Gasteiger partial charge >= 0.3 is 0 Å². The van der Waals surface area contributed by atoms with Gasteiger partial charge < -0.3 is 0 Å². The molecular formula is C12H11N5S. The minimum Gasteiger partial charge on any atom is -0.223 e. The summed E-state index contributed by atoms with van der Waals surface area (Å²) >= 11 is 1.67. The predicted octanol–water partition coefficient (Wildman–Crippen LogP) is 2.17. The van der Waals surface area contributed by atoms with Crippen LogP contribution in [-0.4, -0.2) is 30.8 Å². The van der Waals surface area contributed by atoms with Gasteiger partial charge in [0.05, 0.1) is 0 Å². The van der Waals surface area contributed by atoms with Crippen molar-refractivity contribution in [1.82, 2.24) is 24.5 Å². The van der Waals surface area contributed by atoms with Crippen molar-refractivity contribution in [3.05, 3.63) is 49.1 Å². The number of pyridine rings is 1. The third kappa shape index (κ3) is 2.02. The molecule has 0 radical (unpaired) electrons. The zero-order valence-corrected chi connectivity index (χ0v) is 10.6. The first-order valence-corrected chi connectivity index (χ1v) is 6.65. The molecule has 3 aromatic heterocycles. The van der Waals surface area contributed by atoms with Gasteiger partial charge in [-0.15, -0.1) is 11.8 Å². The molecule has 0 spiro atoms. The van der Waals surface area contributed by atoms with Gasteiger partial charge in [0.25, 0.3) is 0 Å². The minimum absolute atomic E-state index is 0.789. The minimum atomic E-state index is 0.789. The Hall–Kier alpha value is -2.08. The fourth-order valence-electron chi connectivity index (χ4n) is 1.64. The molecule has 0 saturated heterocycles. The van der Waals surface area contributed by atoms with Gasteiger partial charge in [-0.25, -0.2) is 14.3 Å². The highest BCUT2D eigenvalue weighted by atomic mass is 32.2. The maximum atomic E-state index is 4.55. The standard InChI is InChI=1S/C12H11N5S/c1-18-10-8-11(16-6-2-4-13-16)15-12(9-10)17-7-3-5-14-17/h2-9H,1H3. The molecule has 5 nitrogen and oxygen atoms in total. The molecule has 0 unspecified atom stereocenters. The van der Waals surface area contributed by atoms with Crippen LogP contribution < -0.4 is 0 Å². The molecule has 0 atom stereocenters. The maximum Gasteiger partial charge on any atom is 0.156 e. The Morgan fingerprint density at radius 1 is 0.944 bits per heavy atom. The van der Waals surface area contributed by atoms with Crippen LogP contribution in [0.15, 0.2) is 53.9 Å². The summed E-state index contributed by atoms with van der Waals surface area (Å²) in [5.41, 5.74) is 0. The quantitative estimate of drug-likeness (QED) is 0.675. The van der Waals surface area contributed by atoms with E-state index in [1.165, 1.54) is 0 Å². The molecule has 0 amide bonds. The summed E-state index contributed by atoms with van der Waals surface area (Å²) in [4.78, 5) is 5.68. The summed E-state index contributed by atoms with van der Waals surface area (Å²) < 4.78 is 3.49. The molecule has 0 aromatic carbocycles. The Labute approximate surface area is 108 Å². The van der Waals surface area contributed by atoms with Crippen molar-refractivity contribution >= 4 is 11.8 Å². The average Bonchev–Trinajstić information content (AvgIpc) is 3.10. The lowest BCUT2D eigenvalue weighted by Crippen LogP contribution is -2.04. The molecule has 0 aliphatic carbocycles. The SMILES string of the molecule is CSc1cc(-n2cccn2)nc(-n2cccn2)c1. The van der Waals surface area contributed by atoms with Crippen LogP contribution in [0.5, 0.6) is 0 Å². The molecule has 3 aromatic rings. The van der Waals surface area contributed by atoms with Crippen LogP contribution in [-0.2, 0) is 0 Å². The van der Waals surface area contributed by atoms with E-state index in [2.05, 4.69) is 15.2 Å². The Bertz CT molecular complexity index is 578. The molecule has 0 aliphatic rings. The van der Waals surface area contributed by atoms with Gasteiger partial charge in [0.15, 0.2) is 11.6 Å². The topological polar surface area (TPSA) is 48.5 Å². The first-order valence-electron chi connectivity index (χ1n) is 5.43. The average molecular weight is 257 g/mol. The highest BCUT2D eigenvalue weighted by molar-refractivity contribution is 7.98. The van der Waals surface area contributed by atoms with Crippen molar-refractivity contribution in [2.75, 3.05) is 6.26 Å². The van der Waals surface area contributed by atoms with Gasteiger partial charge in [-0.05, 0) is 30.5 Å². The third-order valence-corrected chi connectivity index (χ3v) is 3.19. The summed E-state index contributed by atoms with van der Waals surface area (Å²) in [5, 5.41) is 8.40. The van der Waals surface area contributed by atoms with Gasteiger partial charge in [-0.3, -0.25) is 0 Å². The van der Waals surface area contributed by atoms with Crippen LogP contribution in [0.2, 0.25) is 0 Å². The van der Waals surface area contributed by atoms with Crippen LogP contribution in [0.1, 0.15) is 0 Å². The van der Waals surface area contributed by atoms with Crippen LogP contribution in [0, 0.1) is 0 Å². The number of thioether (sulfide) groups is 1. The number of aromatic nitrogens is 5. The van der Waals surface area contributed by atoms with Gasteiger partial charge in [0, 0.05) is 29.7 Å². The van der Waals surface area contributed by atoms with Crippen molar-refractivity contribution in [1.29, 1.82) is 0 Å². The lowest BCUT2D eigenvalue weighted by molar-refractivity contribution is 0.797. The largest absolute Gasteiger partial charge is 0.223 e. The second-order valence-electron chi connectivity index (χ2n) is 3.62. The van der Waals surface area contributed by atoms with Gasteiger partial charge in [0.1, 0.15) is 0 Å². The van der Waals surface area contributed by atoms with E-state index in [-0.39, 0.29) is 0 Å². The smallest absolute Gasteiger partial charge is 0.156 e. The first kappa shape index (κ1) is 11.0. The molecule has 0 saturated carbocycles. The van der Waals surface area contributed by atoms with E-state index in [1.807, 2.05) is 42.9 Å². The number of nitrogens with zero attached hydrogens (tertiary/aromatic N) is 5. The Kier molecular flexibility index (Phi) is 2.85. The molecule has 0 N–H and O–H groups in total. The van der Waals surface area contributed by atoms with E-state index < -0.39 is 0 Å². The highest BCUT2D eigenvalue weighted by Crippen LogP contribution is 2.20. The Morgan fingerprint density at radius 2 is 1.50 bits per heavy atom. The summed E-state index contributed by atoms with van der Waals surface area (Å²) in [7, 11) is 0. The van der Waals surface area contributed by atoms with Gasteiger partial charge in [-0.2, -0.15) is 10.2 Å². The molecule has 3 rings (SSSR count). The molecule has 90 valence electrons. The second kappa shape index (κ2) is 4.66. The summed E-state index contributed by atoms with van der Waals surface area (Å²) in [6, 6.07) is 7.76. The van der Waals surface area contributed by atoms with Gasteiger partial charge in [0.2, 0.25) is 0 Å². The molecular weight excluding hydrogens is 246 g/mol. The number of hydrogen-bond acceptors (Lipinski definition) is 4. The molecule has 0 fully saturated rings. The molecule has 0 bridgehead atoms. The normalized spacial score (nSPS) is 10.7. The maximum absolute atomic E-state index is 4.55. The van der Waals surface area contributed by atoms with Crippen LogP contribution in [0.25, 0.3) is 11.6 Å². The van der Waals surface area contributed by atoms with E-state index in [0.29, 0.717) is 0 Å². The van der Waals surface area contributed by atoms with Crippen molar-refractivity contribution in [3.63, 3.8) is 0 Å². The van der Waals surface area contributed by atoms with Crippen molar-refractivity contribution in [2.45, 2.75) is 4.90 Å². The summed E-state index contributed by atoms with van der Waals surface area (Å²) in [6.07, 6.45) is 9.26. The van der Waals surface area contributed by atoms with Crippen molar-refractivity contribution in [3.8, 4) is 11.6 Å². The van der Waals surface area contributed by atoms with Crippen LogP contribution in [0.4, 0.5) is 0 Å². The lowest BCUT2D eigenvalue weighted by atomic mass is 10.4. The summed E-state index contributed by atoms with van der Waals surface area (Å²) in [5.74, 6) is 1.58. The lowest BCUT2D eigenvalue weighted by Gasteiger charge is -2.07. The molecule has 0 aliphatic heterocycles. The first-order chi connectivity index (χ1) is 8.86. The van der Waals surface area contributed by atoms with E-state index in [0.717, 1.165) is 16.5 Å². The summed E-state index contributed by atoms with van der Waals surface area (Å²) in [6.45, 7) is 0. The van der Waals surface area contributed by atoms with Crippen LogP contribution >= 0.6 is 11.8 Å². The zero-order valence-electron chi connectivity index (χ0n) is 9.76. The molecule has 6 heteroatoms.